The Morgan fingerprint density at radius 1 is 1.35 bits per heavy atom. The Balaban J connectivity index is 2.15. The fourth-order valence-corrected chi connectivity index (χ4v) is 2.67. The van der Waals surface area contributed by atoms with Crippen LogP contribution in [-0.2, 0) is 21.2 Å². The first-order valence-electron chi connectivity index (χ1n) is 5.78. The van der Waals surface area contributed by atoms with Crippen LogP contribution in [0, 0.1) is 6.92 Å². The molecule has 0 saturated carbocycles. The molecule has 0 aliphatic rings. The second kappa shape index (κ2) is 5.33. The van der Waals surface area contributed by atoms with Crippen molar-refractivity contribution in [3.8, 4) is 0 Å². The molecule has 0 radical (unpaired) electrons. The molecule has 0 saturated heterocycles. The van der Waals surface area contributed by atoms with Gasteiger partial charge in [0.05, 0.1) is 12.6 Å². The van der Waals surface area contributed by atoms with Gasteiger partial charge in [-0.05, 0) is 24.6 Å². The third-order valence-electron chi connectivity index (χ3n) is 2.55. The van der Waals surface area contributed by atoms with Crippen LogP contribution in [0.3, 0.4) is 0 Å². The second-order valence-electron chi connectivity index (χ2n) is 4.28. The topological polar surface area (TPSA) is 118 Å². The molecule has 1 amide bonds. The molecule has 106 valence electrons. The Bertz CT molecular complexity index is 719. The molecule has 0 spiro atoms. The maximum atomic E-state index is 12.0. The predicted octanol–water partition coefficient (Wildman–Crippen LogP) is 0.547. The number of hydrogen-bond acceptors (Lipinski definition) is 4. The van der Waals surface area contributed by atoms with Gasteiger partial charge in [-0.25, -0.2) is 4.98 Å². The average Bonchev–Trinajstić information content (AvgIpc) is 2.78. The Labute approximate surface area is 116 Å². The summed E-state index contributed by atoms with van der Waals surface area (Å²) in [5.41, 5.74) is 6.20. The lowest BCUT2D eigenvalue weighted by molar-refractivity contribution is -0.117. The summed E-state index contributed by atoms with van der Waals surface area (Å²) >= 11 is 0. The number of nitrogens with zero attached hydrogens (tertiary/aromatic N) is 1. The Morgan fingerprint density at radius 3 is 2.50 bits per heavy atom. The first kappa shape index (κ1) is 14.1. The van der Waals surface area contributed by atoms with Crippen molar-refractivity contribution in [1.82, 2.24) is 9.97 Å². The second-order valence-corrected chi connectivity index (χ2v) is 5.93. The number of carbonyl (C=O) groups excluding carboxylic acids is 1. The number of sulfonamides is 1. The van der Waals surface area contributed by atoms with Crippen molar-refractivity contribution >= 4 is 21.6 Å². The van der Waals surface area contributed by atoms with Crippen molar-refractivity contribution in [2.45, 2.75) is 18.4 Å². The molecule has 0 aliphatic heterocycles. The molecule has 7 nitrogen and oxygen atoms in total. The molecule has 20 heavy (non-hydrogen) atoms. The summed E-state index contributed by atoms with van der Waals surface area (Å²) in [6.07, 6.45) is 1.37. The Hall–Kier alpha value is -2.35. The van der Waals surface area contributed by atoms with Gasteiger partial charge in [-0.1, -0.05) is 12.1 Å². The van der Waals surface area contributed by atoms with Crippen LogP contribution < -0.4 is 10.5 Å². The predicted molar refractivity (Wildman–Crippen MR) is 73.5 cm³/mol. The normalized spacial score (nSPS) is 11.2. The summed E-state index contributed by atoms with van der Waals surface area (Å²) in [4.78, 5) is 17.3. The molecule has 2 rings (SSSR count). The number of aromatic amines is 1. The molecule has 0 bridgehead atoms. The van der Waals surface area contributed by atoms with Crippen molar-refractivity contribution in [2.75, 3.05) is 4.72 Å². The number of primary amides is 1. The van der Waals surface area contributed by atoms with Crippen LogP contribution in [-0.4, -0.2) is 24.3 Å². The number of imidazole rings is 1. The van der Waals surface area contributed by atoms with Crippen molar-refractivity contribution < 1.29 is 13.2 Å². The minimum absolute atomic E-state index is 0.00351. The van der Waals surface area contributed by atoms with E-state index in [1.54, 1.807) is 31.2 Å². The standard InChI is InChI=1S/C12H14N4O3S/c1-8-14-7-12(15-8)20(18,19)16-10-4-2-9(3-5-10)6-11(13)17/h2-5,7,16H,6H2,1H3,(H2,13,17)(H,14,15). The number of aryl methyl sites for hydroxylation is 1. The van der Waals surface area contributed by atoms with E-state index in [9.17, 15) is 13.2 Å². The van der Waals surface area contributed by atoms with E-state index in [2.05, 4.69) is 14.7 Å². The van der Waals surface area contributed by atoms with E-state index in [1.807, 2.05) is 0 Å². The summed E-state index contributed by atoms with van der Waals surface area (Å²) in [7, 11) is -3.69. The molecular weight excluding hydrogens is 280 g/mol. The molecular formula is C12H14N4O3S. The molecule has 0 fully saturated rings. The van der Waals surface area contributed by atoms with Gasteiger partial charge in [-0.3, -0.25) is 9.52 Å². The minimum atomic E-state index is -3.69. The van der Waals surface area contributed by atoms with E-state index in [0.717, 1.165) is 5.56 Å². The van der Waals surface area contributed by atoms with Gasteiger partial charge >= 0.3 is 0 Å². The number of hydrogen-bond donors (Lipinski definition) is 3. The van der Waals surface area contributed by atoms with E-state index < -0.39 is 15.9 Å². The van der Waals surface area contributed by atoms with Crippen LogP contribution in [0.1, 0.15) is 11.4 Å². The molecule has 1 aromatic carbocycles. The fourth-order valence-electron chi connectivity index (χ4n) is 1.64. The minimum Gasteiger partial charge on any atom is -0.369 e. The number of amides is 1. The lowest BCUT2D eigenvalue weighted by Crippen LogP contribution is -2.14. The Morgan fingerprint density at radius 2 is 2.00 bits per heavy atom. The maximum absolute atomic E-state index is 12.0. The van der Waals surface area contributed by atoms with Crippen molar-refractivity contribution in [2.24, 2.45) is 5.73 Å². The molecule has 0 aliphatic carbocycles. The zero-order valence-corrected chi connectivity index (χ0v) is 11.6. The number of carbonyl (C=O) groups is 1. The highest BCUT2D eigenvalue weighted by Crippen LogP contribution is 2.15. The number of rotatable bonds is 5. The molecule has 1 aromatic heterocycles. The van der Waals surface area contributed by atoms with Crippen molar-refractivity contribution in [1.29, 1.82) is 0 Å². The van der Waals surface area contributed by atoms with Crippen LogP contribution in [0.4, 0.5) is 5.69 Å². The third kappa shape index (κ3) is 3.35. The molecule has 1 heterocycles. The molecule has 8 heteroatoms. The van der Waals surface area contributed by atoms with Crippen LogP contribution >= 0.6 is 0 Å². The highest BCUT2D eigenvalue weighted by Gasteiger charge is 2.16. The molecule has 0 atom stereocenters. The van der Waals surface area contributed by atoms with Crippen LogP contribution in [0.2, 0.25) is 0 Å². The number of nitrogens with one attached hydrogen (secondary N) is 2. The lowest BCUT2D eigenvalue weighted by atomic mass is 10.1. The number of H-pyrrole nitrogens is 1. The Kier molecular flexibility index (Phi) is 3.75. The van der Waals surface area contributed by atoms with Crippen LogP contribution in [0.25, 0.3) is 0 Å². The average molecular weight is 294 g/mol. The highest BCUT2D eigenvalue weighted by molar-refractivity contribution is 7.92. The van der Waals surface area contributed by atoms with Gasteiger partial charge in [0.15, 0.2) is 5.03 Å². The maximum Gasteiger partial charge on any atom is 0.278 e. The van der Waals surface area contributed by atoms with E-state index in [0.29, 0.717) is 11.5 Å². The van der Waals surface area contributed by atoms with Gasteiger partial charge in [0.25, 0.3) is 10.0 Å². The summed E-state index contributed by atoms with van der Waals surface area (Å²) in [6.45, 7) is 1.66. The lowest BCUT2D eigenvalue weighted by Gasteiger charge is -2.06. The number of nitrogens with two attached hydrogens (primary N) is 1. The van der Waals surface area contributed by atoms with Gasteiger partial charge in [0.1, 0.15) is 5.82 Å². The smallest absolute Gasteiger partial charge is 0.278 e. The first-order valence-corrected chi connectivity index (χ1v) is 7.27. The third-order valence-corrected chi connectivity index (χ3v) is 3.84. The molecule has 4 N–H and O–H groups in total. The number of aromatic nitrogens is 2. The van der Waals surface area contributed by atoms with Gasteiger partial charge in [-0.15, -0.1) is 0 Å². The quantitative estimate of drug-likeness (QED) is 0.746. The largest absolute Gasteiger partial charge is 0.369 e. The van der Waals surface area contributed by atoms with Crippen molar-refractivity contribution in [3.05, 3.63) is 41.9 Å². The zero-order chi connectivity index (χ0) is 14.8. The van der Waals surface area contributed by atoms with Gasteiger partial charge < -0.3 is 10.7 Å². The van der Waals surface area contributed by atoms with Crippen molar-refractivity contribution in [3.63, 3.8) is 0 Å². The van der Waals surface area contributed by atoms with Gasteiger partial charge in [0, 0.05) is 5.69 Å². The number of benzene rings is 1. The number of anilines is 1. The fraction of sp³-hybridized carbons (Fsp3) is 0.167. The summed E-state index contributed by atoms with van der Waals surface area (Å²) in [5.74, 6) is 0.0773. The van der Waals surface area contributed by atoms with Crippen LogP contribution in [0.15, 0.2) is 35.5 Å². The van der Waals surface area contributed by atoms with E-state index in [1.165, 1.54) is 6.20 Å². The van der Waals surface area contributed by atoms with E-state index >= 15 is 0 Å². The summed E-state index contributed by atoms with van der Waals surface area (Å²) in [6, 6.07) is 6.42. The van der Waals surface area contributed by atoms with E-state index in [-0.39, 0.29) is 11.4 Å². The summed E-state index contributed by atoms with van der Waals surface area (Å²) in [5, 5.41) is -0.00351. The highest BCUT2D eigenvalue weighted by atomic mass is 32.2. The monoisotopic (exact) mass is 294 g/mol. The van der Waals surface area contributed by atoms with Gasteiger partial charge in [0.2, 0.25) is 5.91 Å². The summed E-state index contributed by atoms with van der Waals surface area (Å²) < 4.78 is 26.5. The van der Waals surface area contributed by atoms with E-state index in [4.69, 9.17) is 5.73 Å². The van der Waals surface area contributed by atoms with Crippen LogP contribution in [0.5, 0.6) is 0 Å². The molecule has 0 unspecified atom stereocenters. The zero-order valence-electron chi connectivity index (χ0n) is 10.8. The molecule has 2 aromatic rings. The first-order chi connectivity index (χ1) is 9.37. The SMILES string of the molecule is Cc1ncc(S(=O)(=O)Nc2ccc(CC(N)=O)cc2)[nH]1. The van der Waals surface area contributed by atoms with Gasteiger partial charge in [-0.2, -0.15) is 8.42 Å².